The van der Waals surface area contributed by atoms with Crippen LogP contribution in [0.4, 0.5) is 0 Å². The van der Waals surface area contributed by atoms with Gasteiger partial charge in [0.2, 0.25) is 12.7 Å². The van der Waals surface area contributed by atoms with Crippen LogP contribution in [-0.2, 0) is 11.3 Å². The highest BCUT2D eigenvalue weighted by Crippen LogP contribution is 2.41. The normalized spacial score (nSPS) is 16.2. The highest BCUT2D eigenvalue weighted by molar-refractivity contribution is 6.01. The Balaban J connectivity index is 1.19. The molecule has 34 heavy (non-hydrogen) atoms. The first-order valence-electron chi connectivity index (χ1n) is 11.3. The molecule has 0 saturated heterocycles. The number of fused-ring (bicyclic) bond motifs is 3. The summed E-state index contributed by atoms with van der Waals surface area (Å²) >= 11 is 0. The molecule has 3 aromatic carbocycles. The topological polar surface area (TPSA) is 83.7 Å². The van der Waals surface area contributed by atoms with E-state index in [2.05, 4.69) is 16.4 Å². The number of ether oxygens (including phenoxy) is 2. The molecule has 0 fully saturated rings. The number of H-pyrrole nitrogens is 1. The Hall–Kier alpha value is -4.26. The second-order valence-corrected chi connectivity index (χ2v) is 8.49. The van der Waals surface area contributed by atoms with E-state index in [-0.39, 0.29) is 31.1 Å². The lowest BCUT2D eigenvalue weighted by atomic mass is 9.97. The largest absolute Gasteiger partial charge is 0.454 e. The van der Waals surface area contributed by atoms with Crippen LogP contribution in [0.5, 0.6) is 11.5 Å². The van der Waals surface area contributed by atoms with Gasteiger partial charge in [0.15, 0.2) is 11.5 Å². The predicted molar refractivity (Wildman–Crippen MR) is 127 cm³/mol. The van der Waals surface area contributed by atoms with E-state index in [4.69, 9.17) is 9.47 Å². The van der Waals surface area contributed by atoms with E-state index >= 15 is 0 Å². The maximum absolute atomic E-state index is 13.3. The molecule has 7 heteroatoms. The molecule has 2 aliphatic heterocycles. The number of aromatic amines is 1. The molecule has 170 valence electrons. The molecule has 1 atom stereocenters. The summed E-state index contributed by atoms with van der Waals surface area (Å²) in [4.78, 5) is 31.1. The van der Waals surface area contributed by atoms with E-state index in [0.29, 0.717) is 30.2 Å². The number of hydrogen-bond donors (Lipinski definition) is 2. The van der Waals surface area contributed by atoms with Gasteiger partial charge in [0.25, 0.3) is 5.91 Å². The molecule has 0 unspecified atom stereocenters. The van der Waals surface area contributed by atoms with E-state index in [0.717, 1.165) is 27.6 Å². The van der Waals surface area contributed by atoms with E-state index in [9.17, 15) is 9.59 Å². The van der Waals surface area contributed by atoms with Crippen LogP contribution in [-0.4, -0.2) is 35.0 Å². The van der Waals surface area contributed by atoms with E-state index in [1.165, 1.54) is 0 Å². The van der Waals surface area contributed by atoms with Gasteiger partial charge in [0.05, 0.1) is 6.04 Å². The van der Waals surface area contributed by atoms with Crippen molar-refractivity contribution in [3.8, 4) is 11.5 Å². The van der Waals surface area contributed by atoms with Crippen molar-refractivity contribution in [2.24, 2.45) is 0 Å². The number of nitrogens with one attached hydrogen (secondary N) is 2. The standard InChI is InChI=1S/C27H23N3O4/c31-25(29-14-17-9-10-23-24(13-17)34-16-33-23)11-12-30-26(19-6-1-2-7-20(19)27(30)32)21-15-28-22-8-4-3-5-18(21)22/h1-10,13,15,26,28H,11-12,14,16H2,(H,29,31)/t26-/m0/s1. The first kappa shape index (κ1) is 20.4. The molecule has 3 heterocycles. The van der Waals surface area contributed by atoms with Crippen molar-refractivity contribution in [1.29, 1.82) is 0 Å². The van der Waals surface area contributed by atoms with Gasteiger partial charge in [0, 0.05) is 47.7 Å². The third-order valence-electron chi connectivity index (χ3n) is 6.48. The van der Waals surface area contributed by atoms with Crippen LogP contribution in [0.25, 0.3) is 10.9 Å². The second-order valence-electron chi connectivity index (χ2n) is 8.49. The lowest BCUT2D eigenvalue weighted by Crippen LogP contribution is -2.33. The number of amides is 2. The van der Waals surface area contributed by atoms with Crippen LogP contribution in [0.15, 0.2) is 72.9 Å². The van der Waals surface area contributed by atoms with Crippen molar-refractivity contribution in [2.45, 2.75) is 19.0 Å². The number of benzene rings is 3. The van der Waals surface area contributed by atoms with Crippen molar-refractivity contribution < 1.29 is 19.1 Å². The Kier molecular flexibility index (Phi) is 4.95. The van der Waals surface area contributed by atoms with Gasteiger partial charge in [-0.05, 0) is 35.4 Å². The molecular formula is C27H23N3O4. The highest BCUT2D eigenvalue weighted by atomic mass is 16.7. The summed E-state index contributed by atoms with van der Waals surface area (Å²) in [5.41, 5.74) is 4.65. The Labute approximate surface area is 196 Å². The Bertz CT molecular complexity index is 1410. The third-order valence-corrected chi connectivity index (χ3v) is 6.48. The minimum absolute atomic E-state index is 0.0468. The van der Waals surface area contributed by atoms with Crippen molar-refractivity contribution in [1.82, 2.24) is 15.2 Å². The molecule has 0 saturated carbocycles. The van der Waals surface area contributed by atoms with Gasteiger partial charge in [-0.25, -0.2) is 0 Å². The molecule has 0 spiro atoms. The average molecular weight is 453 g/mol. The fourth-order valence-electron chi connectivity index (χ4n) is 4.82. The summed E-state index contributed by atoms with van der Waals surface area (Å²) in [7, 11) is 0. The van der Waals surface area contributed by atoms with Gasteiger partial charge in [-0.15, -0.1) is 0 Å². The zero-order chi connectivity index (χ0) is 23.1. The Morgan fingerprint density at radius 2 is 1.82 bits per heavy atom. The van der Waals surface area contributed by atoms with Crippen LogP contribution < -0.4 is 14.8 Å². The second kappa shape index (κ2) is 8.26. The summed E-state index contributed by atoms with van der Waals surface area (Å²) < 4.78 is 10.7. The summed E-state index contributed by atoms with van der Waals surface area (Å²) in [6.45, 7) is 0.926. The van der Waals surface area contributed by atoms with Gasteiger partial charge >= 0.3 is 0 Å². The third kappa shape index (κ3) is 3.46. The first-order chi connectivity index (χ1) is 16.7. The smallest absolute Gasteiger partial charge is 0.255 e. The molecule has 1 aromatic heterocycles. The molecule has 0 bridgehead atoms. The molecular weight excluding hydrogens is 430 g/mol. The Morgan fingerprint density at radius 3 is 2.76 bits per heavy atom. The minimum Gasteiger partial charge on any atom is -0.454 e. The molecule has 2 N–H and O–H groups in total. The van der Waals surface area contributed by atoms with Gasteiger partial charge in [-0.1, -0.05) is 42.5 Å². The number of aromatic nitrogens is 1. The maximum Gasteiger partial charge on any atom is 0.255 e. The van der Waals surface area contributed by atoms with Gasteiger partial charge in [-0.2, -0.15) is 0 Å². The molecule has 6 rings (SSSR count). The van der Waals surface area contributed by atoms with Crippen molar-refractivity contribution >= 4 is 22.7 Å². The molecule has 2 amide bonds. The van der Waals surface area contributed by atoms with Crippen LogP contribution in [0, 0.1) is 0 Å². The quantitative estimate of drug-likeness (QED) is 0.460. The average Bonchev–Trinajstić information content (AvgIpc) is 3.57. The number of hydrogen-bond acceptors (Lipinski definition) is 4. The monoisotopic (exact) mass is 453 g/mol. The van der Waals surface area contributed by atoms with Crippen LogP contribution >= 0.6 is 0 Å². The molecule has 7 nitrogen and oxygen atoms in total. The number of para-hydroxylation sites is 1. The van der Waals surface area contributed by atoms with Crippen molar-refractivity contribution in [2.75, 3.05) is 13.3 Å². The molecule has 0 aliphatic carbocycles. The molecule has 4 aromatic rings. The molecule has 0 radical (unpaired) electrons. The Morgan fingerprint density at radius 1 is 1.00 bits per heavy atom. The lowest BCUT2D eigenvalue weighted by Gasteiger charge is -2.25. The summed E-state index contributed by atoms with van der Waals surface area (Å²) in [6, 6.07) is 21.1. The predicted octanol–water partition coefficient (Wildman–Crippen LogP) is 4.15. The summed E-state index contributed by atoms with van der Waals surface area (Å²) in [5.74, 6) is 1.24. The van der Waals surface area contributed by atoms with Crippen molar-refractivity contribution in [3.05, 3.63) is 95.2 Å². The lowest BCUT2D eigenvalue weighted by molar-refractivity contribution is -0.121. The number of carbonyl (C=O) groups is 2. The zero-order valence-corrected chi connectivity index (χ0v) is 18.4. The fourth-order valence-corrected chi connectivity index (χ4v) is 4.82. The summed E-state index contributed by atoms with van der Waals surface area (Å²) in [5, 5.41) is 4.03. The van der Waals surface area contributed by atoms with Crippen molar-refractivity contribution in [3.63, 3.8) is 0 Å². The number of nitrogens with zero attached hydrogens (tertiary/aromatic N) is 1. The van der Waals surface area contributed by atoms with E-state index in [1.807, 2.05) is 66.9 Å². The maximum atomic E-state index is 13.3. The zero-order valence-electron chi connectivity index (χ0n) is 18.4. The van der Waals surface area contributed by atoms with Crippen LogP contribution in [0.1, 0.15) is 39.5 Å². The van der Waals surface area contributed by atoms with Gasteiger partial charge < -0.3 is 24.7 Å². The number of carbonyl (C=O) groups excluding carboxylic acids is 2. The highest BCUT2D eigenvalue weighted by Gasteiger charge is 2.38. The first-order valence-corrected chi connectivity index (χ1v) is 11.3. The summed E-state index contributed by atoms with van der Waals surface area (Å²) in [6.07, 6.45) is 2.18. The SMILES string of the molecule is O=C(CCN1C(=O)c2ccccc2[C@H]1c1c[nH]c2ccccc12)NCc1ccc2c(c1)OCO2. The fraction of sp³-hybridized carbons (Fsp3) is 0.185. The molecule has 2 aliphatic rings. The van der Waals surface area contributed by atoms with E-state index in [1.54, 1.807) is 4.90 Å². The van der Waals surface area contributed by atoms with Crippen LogP contribution in [0.3, 0.4) is 0 Å². The van der Waals surface area contributed by atoms with Gasteiger partial charge in [-0.3, -0.25) is 9.59 Å². The minimum atomic E-state index is -0.235. The van der Waals surface area contributed by atoms with Gasteiger partial charge in [0.1, 0.15) is 0 Å². The van der Waals surface area contributed by atoms with Crippen LogP contribution in [0.2, 0.25) is 0 Å². The van der Waals surface area contributed by atoms with E-state index < -0.39 is 0 Å². The number of rotatable bonds is 6.